The van der Waals surface area contributed by atoms with Crippen LogP contribution in [0, 0.1) is 13.8 Å². The van der Waals surface area contributed by atoms with E-state index in [-0.39, 0.29) is 12.2 Å². The fourth-order valence-corrected chi connectivity index (χ4v) is 4.06. The van der Waals surface area contributed by atoms with Gasteiger partial charge in [-0.3, -0.25) is 0 Å². The highest BCUT2D eigenvalue weighted by molar-refractivity contribution is 9.09. The van der Waals surface area contributed by atoms with Gasteiger partial charge in [0, 0.05) is 23.3 Å². The average Bonchev–Trinajstić information content (AvgIpc) is 2.73. The van der Waals surface area contributed by atoms with E-state index in [1.54, 1.807) is 17.7 Å². The number of ether oxygens (including phenoxy) is 1. The third-order valence-corrected chi connectivity index (χ3v) is 5.58. The molecular weight excluding hydrogens is 338 g/mol. The Kier molecular flexibility index (Phi) is 3.97. The number of rotatable bonds is 2. The van der Waals surface area contributed by atoms with E-state index in [9.17, 15) is 0 Å². The van der Waals surface area contributed by atoms with E-state index in [0.29, 0.717) is 0 Å². The van der Waals surface area contributed by atoms with Crippen LogP contribution in [0.25, 0.3) is 10.2 Å². The van der Waals surface area contributed by atoms with Crippen LogP contribution in [-0.4, -0.2) is 40.6 Å². The quantitative estimate of drug-likeness (QED) is 0.774. The molecule has 1 saturated heterocycles. The Hall–Kier alpha value is -0.720. The summed E-state index contributed by atoms with van der Waals surface area (Å²) in [5.41, 5.74) is 1.30. The Morgan fingerprint density at radius 2 is 2.20 bits per heavy atom. The van der Waals surface area contributed by atoms with Gasteiger partial charge in [0.2, 0.25) is 0 Å². The van der Waals surface area contributed by atoms with Gasteiger partial charge in [-0.25, -0.2) is 9.97 Å². The highest BCUT2D eigenvalue weighted by atomic mass is 79.9. The summed E-state index contributed by atoms with van der Waals surface area (Å²) in [6.07, 6.45) is 2.11. The smallest absolute Gasteiger partial charge is 0.141 e. The molecule has 2 aromatic rings. The molecule has 0 amide bonds. The summed E-state index contributed by atoms with van der Waals surface area (Å²) in [5.74, 6) is 1.05. The number of nitrogens with zero attached hydrogens (tertiary/aromatic N) is 3. The summed E-state index contributed by atoms with van der Waals surface area (Å²) in [4.78, 5) is 13.7. The van der Waals surface area contributed by atoms with Crippen molar-refractivity contribution in [1.82, 2.24) is 9.97 Å². The number of thiophene rings is 1. The first-order chi connectivity index (χ1) is 9.60. The lowest BCUT2D eigenvalue weighted by Gasteiger charge is -2.37. The van der Waals surface area contributed by atoms with Crippen molar-refractivity contribution in [3.8, 4) is 0 Å². The molecule has 0 bridgehead atoms. The van der Waals surface area contributed by atoms with Crippen LogP contribution < -0.4 is 4.90 Å². The lowest BCUT2D eigenvalue weighted by molar-refractivity contribution is -0.00214. The van der Waals surface area contributed by atoms with Gasteiger partial charge in [0.05, 0.1) is 17.6 Å². The molecule has 20 heavy (non-hydrogen) atoms. The van der Waals surface area contributed by atoms with Crippen LogP contribution in [0.5, 0.6) is 0 Å². The zero-order valence-corrected chi connectivity index (χ0v) is 14.3. The van der Waals surface area contributed by atoms with E-state index in [2.05, 4.69) is 51.6 Å². The minimum atomic E-state index is 0.212. The molecule has 4 nitrogen and oxygen atoms in total. The monoisotopic (exact) mass is 355 g/mol. The SMILES string of the molecule is Cc1sc2ncnc(N3CC(C)OC(CBr)C3)c2c1C. The zero-order valence-electron chi connectivity index (χ0n) is 11.9. The molecule has 2 aromatic heterocycles. The number of fused-ring (bicyclic) bond motifs is 1. The third-order valence-electron chi connectivity index (χ3n) is 3.74. The van der Waals surface area contributed by atoms with Gasteiger partial charge in [-0.1, -0.05) is 15.9 Å². The summed E-state index contributed by atoms with van der Waals surface area (Å²) in [6.45, 7) is 8.17. The summed E-state index contributed by atoms with van der Waals surface area (Å²) in [5, 5.41) is 2.06. The molecule has 0 aromatic carbocycles. The number of alkyl halides is 1. The Balaban J connectivity index is 2.05. The molecule has 3 rings (SSSR count). The Labute approximate surface area is 131 Å². The molecule has 1 aliphatic rings. The van der Waals surface area contributed by atoms with Crippen molar-refractivity contribution in [3.63, 3.8) is 0 Å². The summed E-state index contributed by atoms with van der Waals surface area (Å²) < 4.78 is 5.91. The van der Waals surface area contributed by atoms with Gasteiger partial charge in [0.15, 0.2) is 0 Å². The van der Waals surface area contributed by atoms with Crippen LogP contribution in [0.15, 0.2) is 6.33 Å². The van der Waals surface area contributed by atoms with E-state index < -0.39 is 0 Å². The third kappa shape index (κ3) is 2.44. The fourth-order valence-electron chi connectivity index (χ4n) is 2.71. The maximum absolute atomic E-state index is 5.91. The number of anilines is 1. The van der Waals surface area contributed by atoms with Gasteiger partial charge in [-0.2, -0.15) is 0 Å². The molecule has 0 aliphatic carbocycles. The highest BCUT2D eigenvalue weighted by Gasteiger charge is 2.27. The predicted octanol–water partition coefficient (Wildman–Crippen LogP) is 3.30. The molecule has 108 valence electrons. The van der Waals surface area contributed by atoms with E-state index in [4.69, 9.17) is 4.74 Å². The van der Waals surface area contributed by atoms with Crippen molar-refractivity contribution < 1.29 is 4.74 Å². The average molecular weight is 356 g/mol. The maximum atomic E-state index is 5.91. The Morgan fingerprint density at radius 1 is 1.40 bits per heavy atom. The van der Waals surface area contributed by atoms with Gasteiger partial charge in [0.25, 0.3) is 0 Å². The first kappa shape index (κ1) is 14.2. The van der Waals surface area contributed by atoms with Gasteiger partial charge in [-0.05, 0) is 26.3 Å². The summed E-state index contributed by atoms with van der Waals surface area (Å²) in [7, 11) is 0. The molecule has 6 heteroatoms. The lowest BCUT2D eigenvalue weighted by Crippen LogP contribution is -2.47. The van der Waals surface area contributed by atoms with E-state index in [0.717, 1.165) is 29.1 Å². The Morgan fingerprint density at radius 3 is 2.95 bits per heavy atom. The van der Waals surface area contributed by atoms with Crippen molar-refractivity contribution in [3.05, 3.63) is 16.8 Å². The first-order valence-electron chi connectivity index (χ1n) is 6.77. The number of halogens is 1. The standard InChI is InChI=1S/C14H18BrN3OS/c1-8-5-18(6-11(4-15)19-8)13-12-9(2)10(3)20-14(12)17-7-16-13/h7-8,11H,4-6H2,1-3H3. The van der Waals surface area contributed by atoms with E-state index in [1.807, 2.05) is 0 Å². The van der Waals surface area contributed by atoms with Crippen molar-refractivity contribution >= 4 is 43.3 Å². The number of aryl methyl sites for hydroxylation is 2. The van der Waals surface area contributed by atoms with Gasteiger partial charge in [-0.15, -0.1) is 11.3 Å². The van der Waals surface area contributed by atoms with Crippen LogP contribution in [0.3, 0.4) is 0 Å². The molecular formula is C14H18BrN3OS. The van der Waals surface area contributed by atoms with Crippen LogP contribution >= 0.6 is 27.3 Å². The second kappa shape index (κ2) is 5.58. The van der Waals surface area contributed by atoms with E-state index >= 15 is 0 Å². The van der Waals surface area contributed by atoms with Crippen LogP contribution in [0.4, 0.5) is 5.82 Å². The van der Waals surface area contributed by atoms with Crippen molar-refractivity contribution in [2.45, 2.75) is 33.0 Å². The van der Waals surface area contributed by atoms with Gasteiger partial charge >= 0.3 is 0 Å². The predicted molar refractivity (Wildman–Crippen MR) is 87.2 cm³/mol. The molecule has 0 saturated carbocycles. The highest BCUT2D eigenvalue weighted by Crippen LogP contribution is 2.35. The number of hydrogen-bond acceptors (Lipinski definition) is 5. The minimum absolute atomic E-state index is 0.212. The number of morpholine rings is 1. The molecule has 0 N–H and O–H groups in total. The molecule has 2 unspecified atom stereocenters. The normalized spacial score (nSPS) is 23.5. The van der Waals surface area contributed by atoms with Crippen molar-refractivity contribution in [2.24, 2.45) is 0 Å². The van der Waals surface area contributed by atoms with Crippen LogP contribution in [-0.2, 0) is 4.74 Å². The topological polar surface area (TPSA) is 38.2 Å². The molecule has 0 radical (unpaired) electrons. The molecule has 2 atom stereocenters. The molecule has 0 spiro atoms. The number of aromatic nitrogens is 2. The summed E-state index contributed by atoms with van der Waals surface area (Å²) in [6, 6.07) is 0. The van der Waals surface area contributed by atoms with Gasteiger partial charge in [0.1, 0.15) is 17.0 Å². The second-order valence-electron chi connectivity index (χ2n) is 5.29. The van der Waals surface area contributed by atoms with Crippen LogP contribution in [0.2, 0.25) is 0 Å². The van der Waals surface area contributed by atoms with E-state index in [1.165, 1.54) is 15.8 Å². The lowest BCUT2D eigenvalue weighted by atomic mass is 10.1. The van der Waals surface area contributed by atoms with Crippen molar-refractivity contribution in [1.29, 1.82) is 0 Å². The second-order valence-corrected chi connectivity index (χ2v) is 7.14. The minimum Gasteiger partial charge on any atom is -0.371 e. The maximum Gasteiger partial charge on any atom is 0.141 e. The van der Waals surface area contributed by atoms with Gasteiger partial charge < -0.3 is 9.64 Å². The van der Waals surface area contributed by atoms with Crippen molar-refractivity contribution in [2.75, 3.05) is 23.3 Å². The molecule has 1 aliphatic heterocycles. The Bertz CT molecular complexity index is 630. The molecule has 3 heterocycles. The largest absolute Gasteiger partial charge is 0.371 e. The fraction of sp³-hybridized carbons (Fsp3) is 0.571. The zero-order chi connectivity index (χ0) is 14.3. The number of hydrogen-bond donors (Lipinski definition) is 0. The van der Waals surface area contributed by atoms with Crippen LogP contribution in [0.1, 0.15) is 17.4 Å². The molecule has 1 fully saturated rings. The first-order valence-corrected chi connectivity index (χ1v) is 8.71. The summed E-state index contributed by atoms with van der Waals surface area (Å²) >= 11 is 5.27.